The van der Waals surface area contributed by atoms with Gasteiger partial charge >= 0.3 is 0 Å². The van der Waals surface area contributed by atoms with Crippen LogP contribution in [0.25, 0.3) is 0 Å². The van der Waals surface area contributed by atoms with Gasteiger partial charge < -0.3 is 19.9 Å². The number of morpholine rings is 1. The highest BCUT2D eigenvalue weighted by Crippen LogP contribution is 2.28. The highest BCUT2D eigenvalue weighted by molar-refractivity contribution is 5.97. The van der Waals surface area contributed by atoms with Crippen molar-refractivity contribution in [2.75, 3.05) is 44.3 Å². The number of pyridine rings is 1. The Hall–Kier alpha value is -1.66. The second kappa shape index (κ2) is 5.85. The molecule has 1 aromatic heterocycles. The quantitative estimate of drug-likeness (QED) is 0.868. The van der Waals surface area contributed by atoms with Crippen LogP contribution in [0.1, 0.15) is 28.9 Å². The second-order valence-corrected chi connectivity index (χ2v) is 6.19. The zero-order valence-electron chi connectivity index (χ0n) is 12.8. The molecule has 6 heteroatoms. The Morgan fingerprint density at radius 2 is 1.95 bits per heavy atom. The summed E-state index contributed by atoms with van der Waals surface area (Å²) in [6, 6.07) is 4.48. The number of carbonyl (C=O) groups excluding carboxylic acids is 1. The number of nitrogens with one attached hydrogen (secondary N) is 1. The molecule has 6 nitrogen and oxygen atoms in total. The van der Waals surface area contributed by atoms with Crippen LogP contribution in [0.3, 0.4) is 0 Å². The molecule has 0 atom stereocenters. The second-order valence-electron chi connectivity index (χ2n) is 6.19. The fourth-order valence-corrected chi connectivity index (χ4v) is 3.56. The minimum atomic E-state index is 0.108. The van der Waals surface area contributed by atoms with Gasteiger partial charge in [-0.05, 0) is 32.0 Å². The normalized spacial score (nSPS) is 23.0. The van der Waals surface area contributed by atoms with Crippen molar-refractivity contribution in [3.63, 3.8) is 0 Å². The summed E-state index contributed by atoms with van der Waals surface area (Å²) >= 11 is 0. The minimum Gasteiger partial charge on any atom is -0.378 e. The molecule has 0 unspecified atom stereocenters. The average molecular weight is 302 g/mol. The van der Waals surface area contributed by atoms with E-state index in [-0.39, 0.29) is 5.91 Å². The van der Waals surface area contributed by atoms with Crippen molar-refractivity contribution in [1.82, 2.24) is 15.2 Å². The van der Waals surface area contributed by atoms with Crippen molar-refractivity contribution in [2.24, 2.45) is 0 Å². The summed E-state index contributed by atoms with van der Waals surface area (Å²) in [5.41, 5.74) is 1.73. The fourth-order valence-electron chi connectivity index (χ4n) is 3.56. The van der Waals surface area contributed by atoms with Gasteiger partial charge in [-0.3, -0.25) is 4.79 Å². The van der Waals surface area contributed by atoms with E-state index >= 15 is 0 Å². The van der Waals surface area contributed by atoms with Crippen LogP contribution < -0.4 is 10.2 Å². The maximum absolute atomic E-state index is 12.7. The Labute approximate surface area is 130 Å². The smallest absolute Gasteiger partial charge is 0.273 e. The third-order valence-corrected chi connectivity index (χ3v) is 4.85. The van der Waals surface area contributed by atoms with Crippen molar-refractivity contribution in [3.8, 4) is 0 Å². The van der Waals surface area contributed by atoms with Crippen molar-refractivity contribution < 1.29 is 9.53 Å². The van der Waals surface area contributed by atoms with Gasteiger partial charge in [-0.1, -0.05) is 6.07 Å². The molecule has 3 aliphatic heterocycles. The van der Waals surface area contributed by atoms with E-state index < -0.39 is 0 Å². The minimum absolute atomic E-state index is 0.108. The van der Waals surface area contributed by atoms with Gasteiger partial charge in [0, 0.05) is 31.2 Å². The molecule has 22 heavy (non-hydrogen) atoms. The molecule has 0 spiro atoms. The molecule has 3 aliphatic rings. The predicted octanol–water partition coefficient (Wildman–Crippen LogP) is 0.626. The zero-order chi connectivity index (χ0) is 14.9. The summed E-state index contributed by atoms with van der Waals surface area (Å²) < 4.78 is 5.38. The van der Waals surface area contributed by atoms with Crippen LogP contribution in [-0.4, -0.2) is 61.2 Å². The van der Waals surface area contributed by atoms with Gasteiger partial charge in [0.2, 0.25) is 0 Å². The van der Waals surface area contributed by atoms with E-state index in [1.54, 1.807) is 0 Å². The molecule has 2 fully saturated rings. The standard InChI is InChI=1S/C16H22N4O2/c21-16-15-12(11-20(16)13-3-5-17-6-4-13)1-2-14(18-15)19-7-9-22-10-8-19/h1-2,13,17H,3-11H2. The average Bonchev–Trinajstić information content (AvgIpc) is 2.93. The van der Waals surface area contributed by atoms with Gasteiger partial charge in [0.1, 0.15) is 11.5 Å². The molecule has 1 aromatic rings. The third-order valence-electron chi connectivity index (χ3n) is 4.85. The van der Waals surface area contributed by atoms with Crippen LogP contribution in [-0.2, 0) is 11.3 Å². The van der Waals surface area contributed by atoms with E-state index in [0.29, 0.717) is 11.7 Å². The number of ether oxygens (including phenoxy) is 1. The summed E-state index contributed by atoms with van der Waals surface area (Å²) in [6.07, 6.45) is 2.08. The van der Waals surface area contributed by atoms with E-state index in [1.165, 1.54) is 0 Å². The van der Waals surface area contributed by atoms with Gasteiger partial charge in [-0.15, -0.1) is 0 Å². The molecule has 4 rings (SSSR count). The molecule has 0 aromatic carbocycles. The number of anilines is 1. The maximum Gasteiger partial charge on any atom is 0.273 e. The van der Waals surface area contributed by atoms with Crippen LogP contribution in [0, 0.1) is 0 Å². The first-order valence-electron chi connectivity index (χ1n) is 8.17. The molecule has 1 amide bonds. The number of amides is 1. The van der Waals surface area contributed by atoms with Gasteiger partial charge in [-0.25, -0.2) is 4.98 Å². The van der Waals surface area contributed by atoms with Crippen LogP contribution in [0.15, 0.2) is 12.1 Å². The predicted molar refractivity (Wildman–Crippen MR) is 83.0 cm³/mol. The Kier molecular flexibility index (Phi) is 3.72. The topological polar surface area (TPSA) is 57.7 Å². The van der Waals surface area contributed by atoms with E-state index in [4.69, 9.17) is 4.74 Å². The van der Waals surface area contributed by atoms with Crippen LogP contribution >= 0.6 is 0 Å². The third kappa shape index (κ3) is 2.46. The number of carbonyl (C=O) groups is 1. The van der Waals surface area contributed by atoms with Gasteiger partial charge in [-0.2, -0.15) is 0 Å². The lowest BCUT2D eigenvalue weighted by Gasteiger charge is -2.31. The molecule has 118 valence electrons. The number of hydrogen-bond donors (Lipinski definition) is 1. The maximum atomic E-state index is 12.7. The van der Waals surface area contributed by atoms with Gasteiger partial charge in [0.15, 0.2) is 0 Å². The summed E-state index contributed by atoms with van der Waals surface area (Å²) in [6.45, 7) is 5.86. The summed E-state index contributed by atoms with van der Waals surface area (Å²) in [5.74, 6) is 1.01. The zero-order valence-corrected chi connectivity index (χ0v) is 12.8. The molecule has 0 radical (unpaired) electrons. The van der Waals surface area contributed by atoms with Crippen molar-refractivity contribution in [1.29, 1.82) is 0 Å². The Bertz CT molecular complexity index is 565. The first kappa shape index (κ1) is 14.0. The van der Waals surface area contributed by atoms with Crippen molar-refractivity contribution in [3.05, 3.63) is 23.4 Å². The molecule has 0 bridgehead atoms. The SMILES string of the molecule is O=C1c2nc(N3CCOCC3)ccc2CN1C1CCNCC1. The van der Waals surface area contributed by atoms with Crippen LogP contribution in [0.5, 0.6) is 0 Å². The molecular weight excluding hydrogens is 280 g/mol. The van der Waals surface area contributed by atoms with Crippen molar-refractivity contribution in [2.45, 2.75) is 25.4 Å². The lowest BCUT2D eigenvalue weighted by Crippen LogP contribution is -2.43. The monoisotopic (exact) mass is 302 g/mol. The van der Waals surface area contributed by atoms with E-state index in [0.717, 1.165) is 70.2 Å². The lowest BCUT2D eigenvalue weighted by atomic mass is 10.1. The van der Waals surface area contributed by atoms with E-state index in [1.807, 2.05) is 11.0 Å². The van der Waals surface area contributed by atoms with Crippen LogP contribution in [0.2, 0.25) is 0 Å². The largest absolute Gasteiger partial charge is 0.378 e. The molecule has 0 aliphatic carbocycles. The number of nitrogens with zero attached hydrogens (tertiary/aromatic N) is 3. The Morgan fingerprint density at radius 3 is 2.73 bits per heavy atom. The highest BCUT2D eigenvalue weighted by atomic mass is 16.5. The van der Waals surface area contributed by atoms with Gasteiger partial charge in [0.25, 0.3) is 5.91 Å². The molecule has 2 saturated heterocycles. The van der Waals surface area contributed by atoms with Crippen molar-refractivity contribution >= 4 is 11.7 Å². The number of aromatic nitrogens is 1. The molecular formula is C16H22N4O2. The first-order valence-corrected chi connectivity index (χ1v) is 8.17. The van der Waals surface area contributed by atoms with E-state index in [9.17, 15) is 4.79 Å². The summed E-state index contributed by atoms with van der Waals surface area (Å²) in [7, 11) is 0. The lowest BCUT2D eigenvalue weighted by molar-refractivity contribution is 0.0664. The Morgan fingerprint density at radius 1 is 1.18 bits per heavy atom. The van der Waals surface area contributed by atoms with E-state index in [2.05, 4.69) is 21.3 Å². The molecule has 4 heterocycles. The fraction of sp³-hybridized carbons (Fsp3) is 0.625. The van der Waals surface area contributed by atoms with Crippen LogP contribution in [0.4, 0.5) is 5.82 Å². The first-order chi connectivity index (χ1) is 10.8. The number of hydrogen-bond acceptors (Lipinski definition) is 5. The summed E-state index contributed by atoms with van der Waals surface area (Å²) in [5, 5.41) is 3.35. The number of piperidine rings is 1. The highest BCUT2D eigenvalue weighted by Gasteiger charge is 2.34. The molecule has 0 saturated carbocycles. The number of fused-ring (bicyclic) bond motifs is 1. The van der Waals surface area contributed by atoms with Gasteiger partial charge in [0.05, 0.1) is 13.2 Å². The summed E-state index contributed by atoms with van der Waals surface area (Å²) in [4.78, 5) is 21.6. The molecule has 1 N–H and O–H groups in total. The number of rotatable bonds is 2. The Balaban J connectivity index is 1.55.